The molecule has 0 bridgehead atoms. The second-order valence-electron chi connectivity index (χ2n) is 9.12. The molecule has 7 heteroatoms. The summed E-state index contributed by atoms with van der Waals surface area (Å²) in [7, 11) is 0. The predicted octanol–water partition coefficient (Wildman–Crippen LogP) is 5.76. The van der Waals surface area contributed by atoms with Crippen molar-refractivity contribution in [2.45, 2.75) is 51.1 Å². The van der Waals surface area contributed by atoms with Crippen LogP contribution in [-0.2, 0) is 18.5 Å². The highest BCUT2D eigenvalue weighted by molar-refractivity contribution is 7.80. The summed E-state index contributed by atoms with van der Waals surface area (Å²) in [5, 5.41) is 7.98. The molecule has 0 saturated heterocycles. The average Bonchev–Trinajstić information content (AvgIpc) is 3.45. The largest absolute Gasteiger partial charge is 0.361 e. The number of rotatable bonds is 5. The van der Waals surface area contributed by atoms with Crippen molar-refractivity contribution in [3.8, 4) is 0 Å². The summed E-state index contributed by atoms with van der Waals surface area (Å²) in [4.78, 5) is 11.6. The molecule has 1 saturated carbocycles. The Morgan fingerprint density at radius 3 is 2.45 bits per heavy atom. The zero-order valence-electron chi connectivity index (χ0n) is 18.8. The molecule has 1 aliphatic carbocycles. The van der Waals surface area contributed by atoms with Gasteiger partial charge in [-0.25, -0.2) is 4.98 Å². The fourth-order valence-electron chi connectivity index (χ4n) is 5.10. The molecule has 1 aromatic heterocycles. The number of hydrogen-bond acceptors (Lipinski definition) is 4. The first kappa shape index (κ1) is 22.1. The van der Waals surface area contributed by atoms with Crippen LogP contribution in [0.1, 0.15) is 48.1 Å². The Hall–Kier alpha value is -2.70. The summed E-state index contributed by atoms with van der Waals surface area (Å²) in [6.45, 7) is 4.47. The van der Waals surface area contributed by atoms with Crippen molar-refractivity contribution in [1.82, 2.24) is 15.3 Å². The smallest absolute Gasteiger partial charge is 0.231 e. The van der Waals surface area contributed by atoms with E-state index in [1.807, 2.05) is 25.1 Å². The minimum atomic E-state index is 0.0522. The van der Waals surface area contributed by atoms with E-state index in [0.29, 0.717) is 11.1 Å². The zero-order chi connectivity index (χ0) is 22.8. The fraction of sp³-hybridized carbons (Fsp3) is 0.346. The predicted molar refractivity (Wildman–Crippen MR) is 139 cm³/mol. The van der Waals surface area contributed by atoms with Crippen LogP contribution in [0.3, 0.4) is 0 Å². The SMILES string of the molecule is Cc1cc(N2Cc3ccccc3C2)nc(NC(=S)NCC2(c3cccc(Cl)c3)CCCC2)n1. The molecule has 33 heavy (non-hydrogen) atoms. The number of nitrogens with zero attached hydrogens (tertiary/aromatic N) is 3. The Morgan fingerprint density at radius 2 is 1.76 bits per heavy atom. The zero-order valence-corrected chi connectivity index (χ0v) is 20.3. The first-order valence-electron chi connectivity index (χ1n) is 11.5. The molecule has 5 nitrogen and oxygen atoms in total. The van der Waals surface area contributed by atoms with Crippen molar-refractivity contribution in [3.05, 3.63) is 82.0 Å². The summed E-state index contributed by atoms with van der Waals surface area (Å²) in [6, 6.07) is 18.8. The van der Waals surface area contributed by atoms with Gasteiger partial charge in [-0.15, -0.1) is 0 Å². The van der Waals surface area contributed by atoms with E-state index in [4.69, 9.17) is 28.8 Å². The van der Waals surface area contributed by atoms with Crippen LogP contribution in [0.25, 0.3) is 0 Å². The molecular weight excluding hydrogens is 450 g/mol. The minimum absolute atomic E-state index is 0.0522. The van der Waals surface area contributed by atoms with Gasteiger partial charge in [0.15, 0.2) is 5.11 Å². The molecule has 0 radical (unpaired) electrons. The minimum Gasteiger partial charge on any atom is -0.361 e. The van der Waals surface area contributed by atoms with E-state index in [1.54, 1.807) is 0 Å². The van der Waals surface area contributed by atoms with Gasteiger partial charge in [-0.05, 0) is 60.8 Å². The number of aryl methyl sites for hydroxylation is 1. The van der Waals surface area contributed by atoms with Crippen LogP contribution < -0.4 is 15.5 Å². The first-order chi connectivity index (χ1) is 16.0. The Morgan fingerprint density at radius 1 is 1.03 bits per heavy atom. The van der Waals surface area contributed by atoms with E-state index in [2.05, 4.69) is 56.9 Å². The molecule has 2 N–H and O–H groups in total. The number of benzene rings is 2. The molecule has 170 valence electrons. The summed E-state index contributed by atoms with van der Waals surface area (Å²) >= 11 is 11.9. The summed E-state index contributed by atoms with van der Waals surface area (Å²) in [5.41, 5.74) is 4.95. The van der Waals surface area contributed by atoms with Crippen molar-refractivity contribution in [2.75, 3.05) is 16.8 Å². The highest BCUT2D eigenvalue weighted by atomic mass is 35.5. The molecule has 2 heterocycles. The van der Waals surface area contributed by atoms with Gasteiger partial charge in [0.05, 0.1) is 0 Å². The van der Waals surface area contributed by atoms with E-state index >= 15 is 0 Å². The van der Waals surface area contributed by atoms with Gasteiger partial charge in [0, 0.05) is 41.8 Å². The third kappa shape index (κ3) is 4.82. The summed E-state index contributed by atoms with van der Waals surface area (Å²) < 4.78 is 0. The highest BCUT2D eigenvalue weighted by Gasteiger charge is 2.35. The van der Waals surface area contributed by atoms with Crippen LogP contribution in [0, 0.1) is 6.92 Å². The molecule has 0 atom stereocenters. The molecular formula is C26H28ClN5S. The van der Waals surface area contributed by atoms with Crippen LogP contribution in [-0.4, -0.2) is 21.6 Å². The molecule has 5 rings (SSSR count). The van der Waals surface area contributed by atoms with Crippen LogP contribution in [0.2, 0.25) is 5.02 Å². The quantitative estimate of drug-likeness (QED) is 0.456. The average molecular weight is 478 g/mol. The van der Waals surface area contributed by atoms with Gasteiger partial charge in [0.2, 0.25) is 5.95 Å². The molecule has 3 aromatic rings. The maximum atomic E-state index is 6.29. The molecule has 1 fully saturated rings. The number of aromatic nitrogens is 2. The second kappa shape index (κ2) is 9.27. The standard InChI is InChI=1S/C26H28ClN5S/c1-18-13-23(32-15-19-7-2-3-8-20(19)16-32)30-24(29-18)31-25(33)28-17-26(11-4-5-12-26)21-9-6-10-22(27)14-21/h2-3,6-10,13-14H,4-5,11-12,15-17H2,1H3,(H2,28,29,30,31,33). The van der Waals surface area contributed by atoms with Gasteiger partial charge >= 0.3 is 0 Å². The van der Waals surface area contributed by atoms with Crippen LogP contribution in [0.5, 0.6) is 0 Å². The lowest BCUT2D eigenvalue weighted by molar-refractivity contribution is 0.435. The Kier molecular flexibility index (Phi) is 6.21. The lowest BCUT2D eigenvalue weighted by Crippen LogP contribution is -2.41. The van der Waals surface area contributed by atoms with Crippen molar-refractivity contribution in [1.29, 1.82) is 0 Å². The molecule has 2 aromatic carbocycles. The van der Waals surface area contributed by atoms with E-state index in [-0.39, 0.29) is 5.41 Å². The first-order valence-corrected chi connectivity index (χ1v) is 12.3. The Balaban J connectivity index is 1.26. The number of anilines is 2. The van der Waals surface area contributed by atoms with Crippen LogP contribution >= 0.6 is 23.8 Å². The normalized spacial score (nSPS) is 16.5. The molecule has 0 spiro atoms. The second-order valence-corrected chi connectivity index (χ2v) is 9.97. The Labute approximate surface area is 205 Å². The highest BCUT2D eigenvalue weighted by Crippen LogP contribution is 2.41. The van der Waals surface area contributed by atoms with E-state index < -0.39 is 0 Å². The maximum absolute atomic E-state index is 6.29. The third-order valence-electron chi connectivity index (χ3n) is 6.82. The number of halogens is 1. The van der Waals surface area contributed by atoms with Gasteiger partial charge in [0.25, 0.3) is 0 Å². The number of thiocarbonyl (C=S) groups is 1. The molecule has 0 amide bonds. The third-order valence-corrected chi connectivity index (χ3v) is 7.30. The van der Waals surface area contributed by atoms with Gasteiger partial charge in [-0.3, -0.25) is 0 Å². The van der Waals surface area contributed by atoms with Crippen molar-refractivity contribution < 1.29 is 0 Å². The van der Waals surface area contributed by atoms with Gasteiger partial charge in [0.1, 0.15) is 5.82 Å². The summed E-state index contributed by atoms with van der Waals surface area (Å²) in [5.74, 6) is 1.44. The lowest BCUT2D eigenvalue weighted by Gasteiger charge is -2.30. The van der Waals surface area contributed by atoms with Crippen LogP contribution in [0.4, 0.5) is 11.8 Å². The summed E-state index contributed by atoms with van der Waals surface area (Å²) in [6.07, 6.45) is 4.70. The Bertz CT molecular complexity index is 1150. The van der Waals surface area contributed by atoms with Crippen LogP contribution in [0.15, 0.2) is 54.6 Å². The number of fused-ring (bicyclic) bond motifs is 1. The van der Waals surface area contributed by atoms with Gasteiger partial charge in [-0.2, -0.15) is 4.98 Å². The van der Waals surface area contributed by atoms with E-state index in [9.17, 15) is 0 Å². The van der Waals surface area contributed by atoms with Crippen molar-refractivity contribution in [2.24, 2.45) is 0 Å². The van der Waals surface area contributed by atoms with Gasteiger partial charge < -0.3 is 15.5 Å². The fourth-order valence-corrected chi connectivity index (χ4v) is 5.45. The van der Waals surface area contributed by atoms with E-state index in [0.717, 1.165) is 49.0 Å². The maximum Gasteiger partial charge on any atom is 0.231 e. The topological polar surface area (TPSA) is 53.1 Å². The molecule has 0 unspecified atom stereocenters. The number of hydrogen-bond donors (Lipinski definition) is 2. The van der Waals surface area contributed by atoms with Gasteiger partial charge in [-0.1, -0.05) is 60.8 Å². The van der Waals surface area contributed by atoms with Crippen molar-refractivity contribution >= 4 is 40.7 Å². The lowest BCUT2D eigenvalue weighted by atomic mass is 9.79. The monoisotopic (exact) mass is 477 g/mol. The molecule has 2 aliphatic rings. The van der Waals surface area contributed by atoms with Crippen molar-refractivity contribution in [3.63, 3.8) is 0 Å². The molecule has 1 aliphatic heterocycles. The number of nitrogens with one attached hydrogen (secondary N) is 2. The van der Waals surface area contributed by atoms with E-state index in [1.165, 1.54) is 29.5 Å².